The predicted octanol–water partition coefficient (Wildman–Crippen LogP) is 6.51. The molecule has 12 N–H and O–H groups in total. The zero-order valence-corrected chi connectivity index (χ0v) is 48.6. The largest absolute Gasteiger partial charge is 1.00 e. The summed E-state index contributed by atoms with van der Waals surface area (Å²) in [5.41, 5.74) is -0.936. The van der Waals surface area contributed by atoms with Gasteiger partial charge in [0.05, 0.1) is 31.8 Å². The molecule has 0 unspecified atom stereocenters. The van der Waals surface area contributed by atoms with Gasteiger partial charge in [-0.1, -0.05) is 0 Å². The van der Waals surface area contributed by atoms with Crippen LogP contribution in [0.4, 0.5) is 68.2 Å². The molecule has 8 aromatic carbocycles. The second-order valence-electron chi connectivity index (χ2n) is 15.2. The maximum atomic E-state index is 10.6. The van der Waals surface area contributed by atoms with Crippen LogP contribution in [-0.4, -0.2) is 81.0 Å². The second-order valence-corrected chi connectivity index (χ2v) is 15.2. The van der Waals surface area contributed by atoms with E-state index in [4.69, 9.17) is 20.4 Å². The number of phenols is 12. The van der Waals surface area contributed by atoms with Gasteiger partial charge in [-0.15, -0.1) is 40.9 Å². The van der Waals surface area contributed by atoms with Crippen LogP contribution in [0.5, 0.6) is 69.0 Å². The summed E-state index contributed by atoms with van der Waals surface area (Å²) >= 11 is 0. The van der Waals surface area contributed by atoms with Crippen LogP contribution >= 0.6 is 0 Å². The van der Waals surface area contributed by atoms with Gasteiger partial charge in [-0.25, -0.2) is 0 Å². The fourth-order valence-corrected chi connectivity index (χ4v) is 5.65. The van der Waals surface area contributed by atoms with Crippen molar-refractivity contribution in [1.29, 1.82) is 0 Å². The first kappa shape index (κ1) is 72.4. The van der Waals surface area contributed by atoms with E-state index in [1.54, 1.807) is 0 Å². The van der Waals surface area contributed by atoms with E-state index in [-0.39, 0.29) is 218 Å². The summed E-state index contributed by atoms with van der Waals surface area (Å²) < 4.78 is 0. The Kier molecular flexibility index (Phi) is 29.3. The number of aromatic hydroxyl groups is 12. The van der Waals surface area contributed by atoms with Gasteiger partial charge in [-0.05, 0) is 72.8 Å². The molecule has 0 spiro atoms. The summed E-state index contributed by atoms with van der Waals surface area (Å²) in [5.74, 6) is -3.07. The van der Waals surface area contributed by atoms with Gasteiger partial charge in [0, 0.05) is 94.2 Å². The summed E-state index contributed by atoms with van der Waals surface area (Å²) in [6, 6.07) is 28.1. The third-order valence-electron chi connectivity index (χ3n) is 9.58. The average Bonchev–Trinajstić information content (AvgIpc) is 3.42. The van der Waals surface area contributed by atoms with Gasteiger partial charge in [-0.3, -0.25) is 40.5 Å². The van der Waals surface area contributed by atoms with Crippen LogP contribution in [0.1, 0.15) is 0 Å². The number of phenolic OH excluding ortho intramolecular Hbond substituents is 12. The molecule has 0 saturated heterocycles. The molecule has 0 aliphatic carbocycles. The molecular formula is C48H36Co2N12Na2O20+2. The summed E-state index contributed by atoms with van der Waals surface area (Å²) in [5, 5.41) is 184. The molecule has 8 aromatic rings. The molecule has 32 nitrogen and oxygen atoms in total. The number of hydrogen-bond donors (Lipinski definition) is 12. The normalized spacial score (nSPS) is 10.3. The molecule has 0 fully saturated rings. The maximum Gasteiger partial charge on any atom is 1.00 e. The first-order chi connectivity index (χ1) is 37.9. The van der Waals surface area contributed by atoms with E-state index < -0.39 is 31.2 Å². The van der Waals surface area contributed by atoms with E-state index in [1.165, 1.54) is 72.8 Å². The molecule has 0 aliphatic rings. The van der Waals surface area contributed by atoms with E-state index in [2.05, 4.69) is 40.9 Å². The van der Waals surface area contributed by atoms with Crippen LogP contribution < -0.4 is 59.1 Å². The van der Waals surface area contributed by atoms with Gasteiger partial charge < -0.3 is 61.3 Å². The van der Waals surface area contributed by atoms with E-state index in [9.17, 15) is 81.3 Å². The van der Waals surface area contributed by atoms with Crippen molar-refractivity contribution < 1.29 is 174 Å². The van der Waals surface area contributed by atoms with Crippen LogP contribution in [0.2, 0.25) is 0 Å². The van der Waals surface area contributed by atoms with Crippen molar-refractivity contribution in [3.8, 4) is 69.0 Å². The first-order valence-corrected chi connectivity index (χ1v) is 21.5. The minimum Gasteiger partial charge on any atom is -0.508 e. The maximum absolute atomic E-state index is 10.6. The molecule has 0 saturated carbocycles. The number of nitrogens with zero attached hydrogens (tertiary/aromatic N) is 12. The molecule has 0 aliphatic heterocycles. The predicted molar refractivity (Wildman–Crippen MR) is 275 cm³/mol. The van der Waals surface area contributed by atoms with Crippen molar-refractivity contribution in [1.82, 2.24) is 0 Å². The quantitative estimate of drug-likeness (QED) is 0.0268. The Morgan fingerprint density at radius 1 is 0.238 bits per heavy atom. The Labute approximate surface area is 533 Å². The number of non-ortho nitro benzene ring substituents is 4. The first-order valence-electron chi connectivity index (χ1n) is 21.5. The molecular weight excluding hydrogens is 1230 g/mol. The van der Waals surface area contributed by atoms with Crippen molar-refractivity contribution in [3.05, 3.63) is 186 Å². The van der Waals surface area contributed by atoms with Gasteiger partial charge in [-0.2, -0.15) is 0 Å². The fourth-order valence-electron chi connectivity index (χ4n) is 5.65. The van der Waals surface area contributed by atoms with Gasteiger partial charge in [0.25, 0.3) is 22.7 Å². The third-order valence-corrected chi connectivity index (χ3v) is 9.58. The smallest absolute Gasteiger partial charge is 0.508 e. The molecule has 84 heavy (non-hydrogen) atoms. The van der Waals surface area contributed by atoms with Gasteiger partial charge in [0.2, 0.25) is 0 Å². The summed E-state index contributed by atoms with van der Waals surface area (Å²) in [7, 11) is 0. The zero-order chi connectivity index (χ0) is 58.8. The van der Waals surface area contributed by atoms with Crippen molar-refractivity contribution in [2.24, 2.45) is 40.9 Å². The molecule has 2 radical (unpaired) electrons. The number of rotatable bonds is 12. The number of nitro benzene ring substituents is 4. The molecule has 426 valence electrons. The van der Waals surface area contributed by atoms with Crippen molar-refractivity contribution in [2.45, 2.75) is 0 Å². The van der Waals surface area contributed by atoms with Crippen molar-refractivity contribution in [2.75, 3.05) is 0 Å². The monoisotopic (exact) mass is 1260 g/mol. The van der Waals surface area contributed by atoms with Gasteiger partial charge >= 0.3 is 59.1 Å². The van der Waals surface area contributed by atoms with Crippen LogP contribution in [0.15, 0.2) is 187 Å². The number of azo groups is 4. The van der Waals surface area contributed by atoms with E-state index in [1.807, 2.05) is 0 Å². The summed E-state index contributed by atoms with van der Waals surface area (Å²) in [4.78, 5) is 39.7. The Balaban J connectivity index is 0.000000551. The van der Waals surface area contributed by atoms with Crippen molar-refractivity contribution >= 4 is 68.2 Å². The van der Waals surface area contributed by atoms with E-state index in [0.717, 1.165) is 72.8 Å². The molecule has 8 rings (SSSR count). The number of benzene rings is 8. The van der Waals surface area contributed by atoms with Crippen LogP contribution in [0, 0.1) is 40.5 Å². The average molecular weight is 1260 g/mol. The summed E-state index contributed by atoms with van der Waals surface area (Å²) in [6.07, 6.45) is 0. The van der Waals surface area contributed by atoms with Crippen LogP contribution in [0.3, 0.4) is 0 Å². The van der Waals surface area contributed by atoms with Gasteiger partial charge in [0.1, 0.15) is 114 Å². The minimum atomic E-state index is -0.646. The molecule has 0 heterocycles. The Hall–Kier alpha value is -9.63. The van der Waals surface area contributed by atoms with E-state index in [0.29, 0.717) is 0 Å². The molecule has 36 heteroatoms. The molecule has 0 atom stereocenters. The Morgan fingerprint density at radius 3 is 0.619 bits per heavy atom. The van der Waals surface area contributed by atoms with Gasteiger partial charge in [0.15, 0.2) is 0 Å². The number of nitro groups is 4. The molecule has 0 aromatic heterocycles. The number of hydrogen-bond acceptors (Lipinski definition) is 28. The standard InChI is InChI=1S/4C12H9N3O5.2Co.2Na/c2*16-8-2-3-9(12(18)6-8)13-14-10-5-7(15(19)20)1-4-11(10)17;2*16-8-2-4-10(12(18)6-8)14-13-9-3-1-7(15(19)20)5-11(9)17;;;;/h4*1-6,16-18H;;;;/q;;;;;;2*+1. The second kappa shape index (κ2) is 34.0. The zero-order valence-electron chi connectivity index (χ0n) is 42.5. The summed E-state index contributed by atoms with van der Waals surface area (Å²) in [6.45, 7) is 0. The minimum absolute atomic E-state index is 0. The van der Waals surface area contributed by atoms with E-state index >= 15 is 0 Å². The molecule has 0 amide bonds. The van der Waals surface area contributed by atoms with Crippen LogP contribution in [0.25, 0.3) is 0 Å². The SMILES string of the molecule is O=[N+]([O-])c1ccc(N=Nc2ccc(O)cc2O)c(O)c1.O=[N+]([O-])c1ccc(N=Nc2ccc(O)cc2O)c(O)c1.O=[N+]([O-])c1ccc(O)c(N=Nc2ccc(O)cc2O)c1.O=[N+]([O-])c1ccc(O)c(N=Nc2ccc(O)cc2O)c1.[Co].[Co].[Na+].[Na+]. The Morgan fingerprint density at radius 2 is 0.417 bits per heavy atom. The fraction of sp³-hybridized carbons (Fsp3) is 0. The Bertz CT molecular complexity index is 3550. The van der Waals surface area contributed by atoms with Crippen LogP contribution in [-0.2, 0) is 33.6 Å². The van der Waals surface area contributed by atoms with Crippen molar-refractivity contribution in [3.63, 3.8) is 0 Å². The third kappa shape index (κ3) is 21.7. The molecule has 0 bridgehead atoms. The topological polar surface area (TPSA) is 514 Å².